The van der Waals surface area contributed by atoms with Crippen molar-refractivity contribution in [3.8, 4) is 0 Å². The van der Waals surface area contributed by atoms with Crippen LogP contribution in [0.15, 0.2) is 42.6 Å². The Labute approximate surface area is 158 Å². The first-order valence-electron chi connectivity index (χ1n) is 9.54. The van der Waals surface area contributed by atoms with Crippen molar-refractivity contribution >= 4 is 22.8 Å². The van der Waals surface area contributed by atoms with Gasteiger partial charge in [-0.2, -0.15) is 0 Å². The molecule has 2 aliphatic heterocycles. The summed E-state index contributed by atoms with van der Waals surface area (Å²) in [6.45, 7) is 0.916. The Balaban J connectivity index is 1.27. The lowest BCUT2D eigenvalue weighted by atomic mass is 9.86. The Morgan fingerprint density at radius 1 is 1.08 bits per heavy atom. The number of aromatic amines is 1. The molecule has 134 valence electrons. The lowest BCUT2D eigenvalue weighted by Gasteiger charge is -2.38. The van der Waals surface area contributed by atoms with Crippen molar-refractivity contribution in [2.45, 2.75) is 50.7 Å². The number of nitrogens with zero attached hydrogens (tertiary/aromatic N) is 3. The minimum Gasteiger partial charge on any atom is -0.340 e. The first-order valence-corrected chi connectivity index (χ1v) is 9.92. The number of nitrogens with one attached hydrogen (secondary N) is 1. The fourth-order valence-corrected chi connectivity index (χ4v) is 5.03. The zero-order chi connectivity index (χ0) is 17.5. The molecule has 4 nitrogen and oxygen atoms in total. The highest BCUT2D eigenvalue weighted by Crippen LogP contribution is 2.40. The van der Waals surface area contributed by atoms with Crippen molar-refractivity contribution in [3.63, 3.8) is 0 Å². The average Bonchev–Trinajstić information content (AvgIpc) is 3.15. The third kappa shape index (κ3) is 3.12. The topological polar surface area (TPSA) is 44.8 Å². The maximum atomic E-state index is 6.02. The van der Waals surface area contributed by atoms with Gasteiger partial charge in [0.15, 0.2) is 5.65 Å². The van der Waals surface area contributed by atoms with E-state index in [1.54, 1.807) is 6.20 Å². The van der Waals surface area contributed by atoms with E-state index in [9.17, 15) is 0 Å². The summed E-state index contributed by atoms with van der Waals surface area (Å²) in [6, 6.07) is 13.8. The molecule has 1 N–H and O–H groups in total. The molecule has 3 aromatic rings. The van der Waals surface area contributed by atoms with Gasteiger partial charge in [0.25, 0.3) is 0 Å². The number of hydrogen-bond acceptors (Lipinski definition) is 3. The Hall–Kier alpha value is -1.91. The second-order valence-electron chi connectivity index (χ2n) is 7.78. The number of H-pyrrole nitrogens is 1. The molecule has 2 aliphatic rings. The molecule has 2 unspecified atom stereocenters. The zero-order valence-corrected chi connectivity index (χ0v) is 15.5. The van der Waals surface area contributed by atoms with E-state index in [4.69, 9.17) is 11.6 Å². The van der Waals surface area contributed by atoms with Gasteiger partial charge in [-0.25, -0.2) is 9.97 Å². The smallest absolute Gasteiger partial charge is 0.177 e. The van der Waals surface area contributed by atoms with Gasteiger partial charge in [0.1, 0.15) is 5.82 Å². The van der Waals surface area contributed by atoms with E-state index in [-0.39, 0.29) is 0 Å². The Bertz CT molecular complexity index is 857. The molecule has 2 fully saturated rings. The van der Waals surface area contributed by atoms with Crippen molar-refractivity contribution in [1.82, 2.24) is 19.9 Å². The largest absolute Gasteiger partial charge is 0.340 e. The van der Waals surface area contributed by atoms with E-state index in [0.717, 1.165) is 34.5 Å². The van der Waals surface area contributed by atoms with Crippen LogP contribution >= 0.6 is 11.6 Å². The van der Waals surface area contributed by atoms with E-state index in [2.05, 4.69) is 32.0 Å². The number of benzene rings is 1. The average molecular weight is 367 g/mol. The van der Waals surface area contributed by atoms with Gasteiger partial charge in [-0.05, 0) is 67.9 Å². The summed E-state index contributed by atoms with van der Waals surface area (Å²) < 4.78 is 0. The molecular formula is C21H23ClN4. The number of aromatic nitrogens is 3. The summed E-state index contributed by atoms with van der Waals surface area (Å²) in [7, 11) is 0. The summed E-state index contributed by atoms with van der Waals surface area (Å²) in [4.78, 5) is 15.1. The summed E-state index contributed by atoms with van der Waals surface area (Å²) >= 11 is 6.02. The molecule has 0 radical (unpaired) electrons. The Morgan fingerprint density at radius 3 is 2.58 bits per heavy atom. The molecule has 0 saturated carbocycles. The second-order valence-corrected chi connectivity index (χ2v) is 8.22. The highest BCUT2D eigenvalue weighted by molar-refractivity contribution is 6.30. The number of pyridine rings is 1. The van der Waals surface area contributed by atoms with Gasteiger partial charge in [-0.3, -0.25) is 4.90 Å². The number of piperidine rings is 1. The molecule has 4 heterocycles. The predicted molar refractivity (Wildman–Crippen MR) is 104 cm³/mol. The SMILES string of the molecule is Clc1ccc(CC2CC3CCC(C2)N3Cc2nc3ncccc3[nH]2)cc1. The zero-order valence-electron chi connectivity index (χ0n) is 14.7. The molecule has 2 aromatic heterocycles. The lowest BCUT2D eigenvalue weighted by molar-refractivity contribution is 0.0937. The normalized spacial score (nSPS) is 25.8. The second kappa shape index (κ2) is 6.67. The lowest BCUT2D eigenvalue weighted by Crippen LogP contribution is -2.42. The molecule has 2 bridgehead atoms. The molecule has 26 heavy (non-hydrogen) atoms. The van der Waals surface area contributed by atoms with Gasteiger partial charge >= 0.3 is 0 Å². The van der Waals surface area contributed by atoms with Gasteiger partial charge in [0, 0.05) is 23.3 Å². The van der Waals surface area contributed by atoms with Crippen LogP contribution in [0.25, 0.3) is 11.2 Å². The molecule has 0 spiro atoms. The summed E-state index contributed by atoms with van der Waals surface area (Å²) in [6.07, 6.45) is 8.20. The molecule has 1 aromatic carbocycles. The van der Waals surface area contributed by atoms with Crippen molar-refractivity contribution in [1.29, 1.82) is 0 Å². The highest BCUT2D eigenvalue weighted by atomic mass is 35.5. The van der Waals surface area contributed by atoms with Crippen LogP contribution in [-0.4, -0.2) is 31.9 Å². The minimum absolute atomic E-state index is 0.687. The van der Waals surface area contributed by atoms with E-state index in [1.165, 1.54) is 37.7 Å². The molecule has 0 aliphatic carbocycles. The summed E-state index contributed by atoms with van der Waals surface area (Å²) in [5.74, 6) is 1.83. The van der Waals surface area contributed by atoms with Crippen LogP contribution in [0.4, 0.5) is 0 Å². The summed E-state index contributed by atoms with van der Waals surface area (Å²) in [5, 5.41) is 0.823. The first-order chi connectivity index (χ1) is 12.7. The van der Waals surface area contributed by atoms with Gasteiger partial charge in [0.05, 0.1) is 12.1 Å². The quantitative estimate of drug-likeness (QED) is 0.734. The van der Waals surface area contributed by atoms with Crippen LogP contribution in [0.3, 0.4) is 0 Å². The van der Waals surface area contributed by atoms with Crippen LogP contribution in [-0.2, 0) is 13.0 Å². The molecule has 5 heteroatoms. The van der Waals surface area contributed by atoms with Crippen LogP contribution < -0.4 is 0 Å². The third-order valence-electron chi connectivity index (χ3n) is 6.06. The van der Waals surface area contributed by atoms with Crippen LogP contribution in [0, 0.1) is 5.92 Å². The van der Waals surface area contributed by atoms with E-state index in [1.807, 2.05) is 24.3 Å². The number of imidazole rings is 1. The minimum atomic E-state index is 0.687. The third-order valence-corrected chi connectivity index (χ3v) is 6.31. The number of rotatable bonds is 4. The van der Waals surface area contributed by atoms with Crippen LogP contribution in [0.1, 0.15) is 37.1 Å². The van der Waals surface area contributed by atoms with Crippen molar-refractivity contribution in [2.75, 3.05) is 0 Å². The standard InChI is InChI=1S/C21H23ClN4/c22-16-5-3-14(4-6-16)10-15-11-17-7-8-18(12-15)26(17)13-20-24-19-2-1-9-23-21(19)25-20/h1-6,9,15,17-18H,7-8,10-13H2,(H,23,24,25). The molecule has 2 saturated heterocycles. The van der Waals surface area contributed by atoms with Crippen LogP contribution in [0.5, 0.6) is 0 Å². The van der Waals surface area contributed by atoms with Gasteiger partial charge in [-0.1, -0.05) is 23.7 Å². The number of fused-ring (bicyclic) bond motifs is 3. The molecular weight excluding hydrogens is 344 g/mol. The monoisotopic (exact) mass is 366 g/mol. The van der Waals surface area contributed by atoms with E-state index < -0.39 is 0 Å². The molecule has 5 rings (SSSR count). The number of hydrogen-bond donors (Lipinski definition) is 1. The predicted octanol–water partition coefficient (Wildman–Crippen LogP) is 4.60. The maximum absolute atomic E-state index is 6.02. The van der Waals surface area contributed by atoms with E-state index >= 15 is 0 Å². The van der Waals surface area contributed by atoms with Gasteiger partial charge in [0.2, 0.25) is 0 Å². The summed E-state index contributed by atoms with van der Waals surface area (Å²) in [5.41, 5.74) is 3.27. The van der Waals surface area contributed by atoms with Gasteiger partial charge in [-0.15, -0.1) is 0 Å². The van der Waals surface area contributed by atoms with Gasteiger partial charge < -0.3 is 4.98 Å². The highest BCUT2D eigenvalue weighted by Gasteiger charge is 2.40. The molecule has 0 amide bonds. The maximum Gasteiger partial charge on any atom is 0.177 e. The fraction of sp³-hybridized carbons (Fsp3) is 0.429. The first kappa shape index (κ1) is 16.3. The van der Waals surface area contributed by atoms with Crippen molar-refractivity contribution in [2.24, 2.45) is 5.92 Å². The van der Waals surface area contributed by atoms with E-state index in [0.29, 0.717) is 12.1 Å². The Kier molecular flexibility index (Phi) is 4.18. The number of halogens is 1. The Morgan fingerprint density at radius 2 is 1.85 bits per heavy atom. The van der Waals surface area contributed by atoms with Crippen molar-refractivity contribution in [3.05, 3.63) is 59.0 Å². The van der Waals surface area contributed by atoms with Crippen molar-refractivity contribution < 1.29 is 0 Å². The fourth-order valence-electron chi connectivity index (χ4n) is 4.91. The van der Waals surface area contributed by atoms with Crippen LogP contribution in [0.2, 0.25) is 5.02 Å². The molecule has 2 atom stereocenters.